The fourth-order valence-electron chi connectivity index (χ4n) is 13.4. The van der Waals surface area contributed by atoms with Gasteiger partial charge in [0.15, 0.2) is 12.4 Å². The van der Waals surface area contributed by atoms with Crippen LogP contribution in [0.2, 0.25) is 0 Å². The lowest BCUT2D eigenvalue weighted by atomic mass is 10.0. The Hall–Kier alpha value is -2.23. The number of unbranched alkanes of at least 4 members (excludes halogenated alkanes) is 63. The van der Waals surface area contributed by atoms with Gasteiger partial charge in [-0.1, -0.05) is 423 Å². The van der Waals surface area contributed by atoms with E-state index >= 15 is 0 Å². The smallest absolute Gasteiger partial charge is 0.306 e. The molecule has 568 valence electrons. The van der Waals surface area contributed by atoms with E-state index in [1.165, 1.54) is 385 Å². The van der Waals surface area contributed by atoms with Crippen molar-refractivity contribution in [1.29, 1.82) is 0 Å². The fourth-order valence-corrected chi connectivity index (χ4v) is 13.4. The van der Waals surface area contributed by atoms with Gasteiger partial charge in [-0.3, -0.25) is 9.59 Å². The molecule has 0 rings (SSSR count). The summed E-state index contributed by atoms with van der Waals surface area (Å²) in [5.74, 6) is -2.24. The first-order valence-corrected chi connectivity index (χ1v) is 43.0. The third-order valence-corrected chi connectivity index (χ3v) is 20.0. The molecule has 2 atom stereocenters. The van der Waals surface area contributed by atoms with Crippen molar-refractivity contribution in [2.45, 2.75) is 469 Å². The zero-order valence-electron chi connectivity index (χ0n) is 65.3. The van der Waals surface area contributed by atoms with E-state index in [2.05, 4.69) is 38.2 Å². The molecule has 0 N–H and O–H groups in total. The van der Waals surface area contributed by atoms with Crippen LogP contribution in [0, 0.1) is 0 Å². The second-order valence-corrected chi connectivity index (χ2v) is 30.8. The first-order valence-electron chi connectivity index (χ1n) is 43.0. The summed E-state index contributed by atoms with van der Waals surface area (Å²) in [5.41, 5.74) is 0. The molecule has 2 unspecified atom stereocenters. The molecule has 0 saturated heterocycles. The second kappa shape index (κ2) is 78.5. The maximum Gasteiger partial charge on any atom is 0.306 e. The van der Waals surface area contributed by atoms with Gasteiger partial charge in [0, 0.05) is 12.8 Å². The van der Waals surface area contributed by atoms with Crippen molar-refractivity contribution in [1.82, 2.24) is 0 Å². The maximum atomic E-state index is 13.0. The molecule has 0 radical (unpaired) electrons. The zero-order valence-corrected chi connectivity index (χ0v) is 65.3. The molecule has 0 heterocycles. The number of quaternary nitrogens is 1. The monoisotopic (exact) mass is 1350 g/mol. The quantitative estimate of drug-likeness (QED) is 0.0195. The topological polar surface area (TPSA) is 111 Å². The predicted octanol–water partition coefficient (Wildman–Crippen LogP) is 26.3. The van der Waals surface area contributed by atoms with Crippen LogP contribution < -0.4 is 5.11 Å². The first kappa shape index (κ1) is 93.8. The van der Waals surface area contributed by atoms with Crippen LogP contribution in [-0.2, 0) is 33.3 Å². The molecule has 0 spiro atoms. The van der Waals surface area contributed by atoms with Crippen LogP contribution in [0.4, 0.5) is 0 Å². The first-order chi connectivity index (χ1) is 47.1. The number of hydrogen-bond donors (Lipinski definition) is 0. The SMILES string of the molecule is CCCCCCC/C=C\C/C=C\CCCCCCCCCCCCCCCCCCCCCCCCCC(=O)OC(COC(=O)CCCCCCCCCCCCCCCCCCCCCCCCCCCCCCCCCCCCCC)COC(OCC[N+](C)(C)C)C(=O)[O-]. The molecule has 0 amide bonds. The number of ether oxygens (including phenoxy) is 4. The number of carboxylic acid groups (broad SMARTS) is 1. The van der Waals surface area contributed by atoms with Crippen molar-refractivity contribution >= 4 is 17.9 Å². The standard InChI is InChI=1S/C87H167NO8/c1-6-8-10-12-14-16-18-20-22-24-26-28-30-32-34-36-38-40-42-44-45-47-49-51-53-55-57-59-61-63-65-67-69-71-73-75-77-84(89)94-81-83(82-95-87(86(91)92)93-80-79-88(3,4)5)96-85(90)78-76-74-72-70-68-66-64-62-60-58-56-54-52-50-48-46-43-41-39-37-35-33-31-29-27-25-23-21-19-17-15-13-11-9-7-2/h19,21,25,27,83,87H,6-18,20,22-24,26,28-82H2,1-5H3/b21-19-,27-25-. The average Bonchev–Trinajstić information content (AvgIpc) is 2.43. The zero-order chi connectivity index (χ0) is 69.7. The van der Waals surface area contributed by atoms with Gasteiger partial charge in [-0.2, -0.15) is 0 Å². The number of carboxylic acids is 1. The largest absolute Gasteiger partial charge is 0.545 e. The lowest BCUT2D eigenvalue weighted by Gasteiger charge is -2.26. The van der Waals surface area contributed by atoms with Crippen LogP contribution >= 0.6 is 0 Å². The number of nitrogens with zero attached hydrogens (tertiary/aromatic N) is 1. The number of hydrogen-bond acceptors (Lipinski definition) is 8. The van der Waals surface area contributed by atoms with E-state index in [0.29, 0.717) is 17.4 Å². The van der Waals surface area contributed by atoms with Gasteiger partial charge in [-0.15, -0.1) is 0 Å². The molecule has 0 aliphatic heterocycles. The highest BCUT2D eigenvalue weighted by atomic mass is 16.7. The van der Waals surface area contributed by atoms with Crippen molar-refractivity contribution in [3.63, 3.8) is 0 Å². The van der Waals surface area contributed by atoms with Crippen LogP contribution in [0.1, 0.15) is 457 Å². The van der Waals surface area contributed by atoms with Gasteiger partial charge in [0.2, 0.25) is 0 Å². The van der Waals surface area contributed by atoms with E-state index in [9.17, 15) is 19.5 Å². The van der Waals surface area contributed by atoms with Crippen molar-refractivity contribution < 1.29 is 42.9 Å². The lowest BCUT2D eigenvalue weighted by Crippen LogP contribution is -2.44. The summed E-state index contributed by atoms with van der Waals surface area (Å²) in [4.78, 5) is 37.6. The number of carbonyl (C=O) groups is 3. The molecule has 96 heavy (non-hydrogen) atoms. The van der Waals surface area contributed by atoms with Gasteiger partial charge >= 0.3 is 11.9 Å². The van der Waals surface area contributed by atoms with E-state index in [0.717, 1.165) is 44.9 Å². The van der Waals surface area contributed by atoms with Gasteiger partial charge in [0.25, 0.3) is 0 Å². The molecular formula is C87H167NO8. The Morgan fingerprint density at radius 3 is 0.823 bits per heavy atom. The highest BCUT2D eigenvalue weighted by molar-refractivity contribution is 5.70. The summed E-state index contributed by atoms with van der Waals surface area (Å²) >= 11 is 0. The third-order valence-electron chi connectivity index (χ3n) is 20.0. The molecule has 9 nitrogen and oxygen atoms in total. The molecule has 9 heteroatoms. The number of allylic oxidation sites excluding steroid dienone is 4. The maximum absolute atomic E-state index is 13.0. The summed E-state index contributed by atoms with van der Waals surface area (Å²) < 4.78 is 22.9. The van der Waals surface area contributed by atoms with Crippen molar-refractivity contribution in [2.24, 2.45) is 0 Å². The Morgan fingerprint density at radius 1 is 0.312 bits per heavy atom. The van der Waals surface area contributed by atoms with Crippen molar-refractivity contribution in [3.8, 4) is 0 Å². The van der Waals surface area contributed by atoms with E-state index in [1.807, 2.05) is 21.1 Å². The molecule has 0 bridgehead atoms. The molecular weight excluding hydrogens is 1190 g/mol. The van der Waals surface area contributed by atoms with Crippen LogP contribution in [0.3, 0.4) is 0 Å². The van der Waals surface area contributed by atoms with Crippen LogP contribution in [0.15, 0.2) is 24.3 Å². The molecule has 0 aromatic heterocycles. The molecule has 0 saturated carbocycles. The number of rotatable bonds is 82. The fraction of sp³-hybridized carbons (Fsp3) is 0.920. The van der Waals surface area contributed by atoms with Crippen molar-refractivity contribution in [2.75, 3.05) is 47.5 Å². The summed E-state index contributed by atoms with van der Waals surface area (Å²) in [5, 5.41) is 11.9. The Kier molecular flexibility index (Phi) is 76.7. The summed E-state index contributed by atoms with van der Waals surface area (Å²) in [6.07, 6.45) is 97.7. The third kappa shape index (κ3) is 79.1. The molecule has 0 aromatic rings. The Bertz CT molecular complexity index is 1630. The van der Waals surface area contributed by atoms with Crippen molar-refractivity contribution in [3.05, 3.63) is 24.3 Å². The summed E-state index contributed by atoms with van der Waals surface area (Å²) in [7, 11) is 5.96. The van der Waals surface area contributed by atoms with E-state index in [4.69, 9.17) is 18.9 Å². The Balaban J connectivity index is 3.91. The number of likely N-dealkylation sites (N-methyl/N-ethyl adjacent to an activating group) is 1. The number of aliphatic carboxylic acids is 1. The van der Waals surface area contributed by atoms with Gasteiger partial charge in [0.1, 0.15) is 13.2 Å². The van der Waals surface area contributed by atoms with Gasteiger partial charge in [-0.25, -0.2) is 0 Å². The van der Waals surface area contributed by atoms with Gasteiger partial charge in [0.05, 0.1) is 40.3 Å². The Morgan fingerprint density at radius 2 is 0.562 bits per heavy atom. The minimum absolute atomic E-state index is 0.152. The highest BCUT2D eigenvalue weighted by Crippen LogP contribution is 2.21. The van der Waals surface area contributed by atoms with Gasteiger partial charge < -0.3 is 33.3 Å². The molecule has 0 aliphatic rings. The van der Waals surface area contributed by atoms with E-state index in [1.54, 1.807) is 0 Å². The van der Waals surface area contributed by atoms with Crippen LogP contribution in [0.5, 0.6) is 0 Å². The van der Waals surface area contributed by atoms with Crippen LogP contribution in [0.25, 0.3) is 0 Å². The second-order valence-electron chi connectivity index (χ2n) is 30.8. The average molecular weight is 1360 g/mol. The molecule has 0 aliphatic carbocycles. The number of esters is 2. The molecule has 0 aromatic carbocycles. The van der Waals surface area contributed by atoms with Gasteiger partial charge in [-0.05, 0) is 44.9 Å². The van der Waals surface area contributed by atoms with Crippen LogP contribution in [-0.4, -0.2) is 82.3 Å². The summed E-state index contributed by atoms with van der Waals surface area (Å²) in [6, 6.07) is 0. The lowest BCUT2D eigenvalue weighted by molar-refractivity contribution is -0.870. The minimum Gasteiger partial charge on any atom is -0.545 e. The Labute approximate surface area is 598 Å². The highest BCUT2D eigenvalue weighted by Gasteiger charge is 2.22. The molecule has 0 fully saturated rings. The number of carbonyl (C=O) groups excluding carboxylic acids is 3. The summed E-state index contributed by atoms with van der Waals surface area (Å²) in [6.45, 7) is 4.84. The minimum atomic E-state index is -1.62. The van der Waals surface area contributed by atoms with E-state index < -0.39 is 24.3 Å². The normalized spacial score (nSPS) is 12.6. The van der Waals surface area contributed by atoms with E-state index in [-0.39, 0.29) is 32.2 Å². The predicted molar refractivity (Wildman–Crippen MR) is 413 cm³/mol.